The Hall–Kier alpha value is -1.75. The van der Waals surface area contributed by atoms with Crippen molar-refractivity contribution in [1.82, 2.24) is 5.16 Å². The molecule has 0 amide bonds. The van der Waals surface area contributed by atoms with Crippen LogP contribution in [-0.2, 0) is 15.3 Å². The molecule has 0 aliphatic heterocycles. The zero-order valence-corrected chi connectivity index (χ0v) is 12.4. The lowest BCUT2D eigenvalue weighted by Gasteiger charge is -2.07. The van der Waals surface area contributed by atoms with Crippen molar-refractivity contribution in [1.29, 1.82) is 0 Å². The van der Waals surface area contributed by atoms with Crippen molar-refractivity contribution in [2.24, 2.45) is 0 Å². The second-order valence-corrected chi connectivity index (χ2v) is 5.88. The summed E-state index contributed by atoms with van der Waals surface area (Å²) >= 11 is 1.66. The Labute approximate surface area is 122 Å². The summed E-state index contributed by atoms with van der Waals surface area (Å²) in [5.41, 5.74) is 1.89. The van der Waals surface area contributed by atoms with E-state index in [4.69, 9.17) is 4.52 Å². The third-order valence-corrected chi connectivity index (χ3v) is 4.01. The molecule has 0 saturated heterocycles. The maximum Gasteiger partial charge on any atom is 0.306 e. The Kier molecular flexibility index (Phi) is 5.24. The van der Waals surface area contributed by atoms with Crippen LogP contribution in [0.5, 0.6) is 0 Å². The third kappa shape index (κ3) is 4.13. The first-order chi connectivity index (χ1) is 9.69. The first-order valence-corrected chi connectivity index (χ1v) is 7.43. The standard InChI is InChI=1S/C15H17NO3S/c1-11(8-15(17)18-2)20-10-13-9-14(19-16-13)12-6-4-3-5-7-12/h3-7,9,11H,8,10H2,1-2H3. The molecule has 1 aromatic carbocycles. The number of carbonyl (C=O) groups excluding carboxylic acids is 1. The highest BCUT2D eigenvalue weighted by Gasteiger charge is 2.12. The van der Waals surface area contributed by atoms with Crippen LogP contribution in [0, 0.1) is 0 Å². The minimum absolute atomic E-state index is 0.185. The Bertz CT molecular complexity index is 553. The second kappa shape index (κ2) is 7.14. The normalized spacial score (nSPS) is 12.1. The van der Waals surface area contributed by atoms with Crippen molar-refractivity contribution in [2.45, 2.75) is 24.3 Å². The van der Waals surface area contributed by atoms with Gasteiger partial charge in [-0.05, 0) is 0 Å². The van der Waals surface area contributed by atoms with E-state index in [1.165, 1.54) is 7.11 Å². The van der Waals surface area contributed by atoms with Gasteiger partial charge in [0.2, 0.25) is 0 Å². The van der Waals surface area contributed by atoms with Crippen molar-refractivity contribution in [3.63, 3.8) is 0 Å². The van der Waals surface area contributed by atoms with Gasteiger partial charge in [-0.25, -0.2) is 0 Å². The summed E-state index contributed by atoms with van der Waals surface area (Å²) in [4.78, 5) is 11.2. The fraction of sp³-hybridized carbons (Fsp3) is 0.333. The van der Waals surface area contributed by atoms with Crippen LogP contribution in [0.4, 0.5) is 0 Å². The van der Waals surface area contributed by atoms with Crippen LogP contribution in [0.1, 0.15) is 19.0 Å². The number of methoxy groups -OCH3 is 1. The number of thioether (sulfide) groups is 1. The topological polar surface area (TPSA) is 52.3 Å². The number of hydrogen-bond acceptors (Lipinski definition) is 5. The number of ether oxygens (including phenoxy) is 1. The molecule has 0 saturated carbocycles. The van der Waals surface area contributed by atoms with Crippen LogP contribution in [0.3, 0.4) is 0 Å². The van der Waals surface area contributed by atoms with Crippen LogP contribution in [0.2, 0.25) is 0 Å². The highest BCUT2D eigenvalue weighted by molar-refractivity contribution is 7.99. The summed E-state index contributed by atoms with van der Waals surface area (Å²) in [6.45, 7) is 2.00. The first kappa shape index (κ1) is 14.7. The van der Waals surface area contributed by atoms with E-state index in [1.54, 1.807) is 11.8 Å². The van der Waals surface area contributed by atoms with Gasteiger partial charge in [0.05, 0.1) is 19.2 Å². The van der Waals surface area contributed by atoms with Crippen LogP contribution in [0.25, 0.3) is 11.3 Å². The largest absolute Gasteiger partial charge is 0.469 e. The number of benzene rings is 1. The van der Waals surface area contributed by atoms with E-state index in [0.717, 1.165) is 17.0 Å². The summed E-state index contributed by atoms with van der Waals surface area (Å²) in [5, 5.41) is 4.25. The Morgan fingerprint density at radius 3 is 2.85 bits per heavy atom. The summed E-state index contributed by atoms with van der Waals surface area (Å²) in [7, 11) is 1.41. The maximum absolute atomic E-state index is 11.2. The number of esters is 1. The number of nitrogens with zero attached hydrogens (tertiary/aromatic N) is 1. The summed E-state index contributed by atoms with van der Waals surface area (Å²) < 4.78 is 9.98. The minimum Gasteiger partial charge on any atom is -0.469 e. The smallest absolute Gasteiger partial charge is 0.306 e. The van der Waals surface area contributed by atoms with Crippen molar-refractivity contribution in [3.8, 4) is 11.3 Å². The highest BCUT2D eigenvalue weighted by atomic mass is 32.2. The van der Waals surface area contributed by atoms with Crippen LogP contribution in [-0.4, -0.2) is 23.5 Å². The van der Waals surface area contributed by atoms with E-state index in [9.17, 15) is 4.79 Å². The first-order valence-electron chi connectivity index (χ1n) is 6.38. The molecule has 0 aliphatic rings. The lowest BCUT2D eigenvalue weighted by molar-refractivity contribution is -0.140. The fourth-order valence-electron chi connectivity index (χ4n) is 1.72. The van der Waals surface area contributed by atoms with Gasteiger partial charge in [-0.15, -0.1) is 0 Å². The molecule has 106 valence electrons. The van der Waals surface area contributed by atoms with Gasteiger partial charge in [-0.1, -0.05) is 42.4 Å². The van der Waals surface area contributed by atoms with Gasteiger partial charge in [-0.3, -0.25) is 4.79 Å². The number of carbonyl (C=O) groups is 1. The van der Waals surface area contributed by atoms with Crippen molar-refractivity contribution in [3.05, 3.63) is 42.1 Å². The molecule has 5 heteroatoms. The molecule has 2 aromatic rings. The Balaban J connectivity index is 1.89. The van der Waals surface area contributed by atoms with Crippen molar-refractivity contribution < 1.29 is 14.1 Å². The number of rotatable bonds is 6. The molecule has 0 aliphatic carbocycles. The van der Waals surface area contributed by atoms with Crippen molar-refractivity contribution in [2.75, 3.05) is 7.11 Å². The van der Waals surface area contributed by atoms with E-state index >= 15 is 0 Å². The molecular formula is C15H17NO3S. The van der Waals surface area contributed by atoms with Gasteiger partial charge in [-0.2, -0.15) is 11.8 Å². The predicted molar refractivity (Wildman–Crippen MR) is 79.3 cm³/mol. The minimum atomic E-state index is -0.185. The second-order valence-electron chi connectivity index (χ2n) is 4.45. The van der Waals surface area contributed by atoms with E-state index in [-0.39, 0.29) is 11.2 Å². The molecule has 1 heterocycles. The van der Waals surface area contributed by atoms with E-state index < -0.39 is 0 Å². The average Bonchev–Trinajstić information content (AvgIpc) is 2.95. The van der Waals surface area contributed by atoms with E-state index in [2.05, 4.69) is 9.89 Å². The molecule has 1 unspecified atom stereocenters. The van der Waals surface area contributed by atoms with E-state index in [1.807, 2.05) is 43.3 Å². The third-order valence-electron chi connectivity index (χ3n) is 2.81. The summed E-state index contributed by atoms with van der Waals surface area (Å²) in [6.07, 6.45) is 0.407. The van der Waals surface area contributed by atoms with Gasteiger partial charge in [0.25, 0.3) is 0 Å². The molecule has 0 radical (unpaired) electrons. The molecule has 0 bridgehead atoms. The monoisotopic (exact) mass is 291 g/mol. The fourth-order valence-corrected chi connectivity index (χ4v) is 2.57. The summed E-state index contributed by atoms with van der Waals surface area (Å²) in [6, 6.07) is 11.8. The maximum atomic E-state index is 11.2. The molecule has 20 heavy (non-hydrogen) atoms. The van der Waals surface area contributed by atoms with Crippen LogP contribution < -0.4 is 0 Å². The quantitative estimate of drug-likeness (QED) is 0.762. The zero-order chi connectivity index (χ0) is 14.4. The molecular weight excluding hydrogens is 274 g/mol. The van der Waals surface area contributed by atoms with Gasteiger partial charge in [0, 0.05) is 22.6 Å². The molecule has 1 aromatic heterocycles. The molecule has 4 nitrogen and oxygen atoms in total. The highest BCUT2D eigenvalue weighted by Crippen LogP contribution is 2.24. The Morgan fingerprint density at radius 1 is 1.40 bits per heavy atom. The molecule has 0 N–H and O–H groups in total. The van der Waals surface area contributed by atoms with Crippen molar-refractivity contribution >= 4 is 17.7 Å². The lowest BCUT2D eigenvalue weighted by Crippen LogP contribution is -2.08. The van der Waals surface area contributed by atoms with E-state index in [0.29, 0.717) is 12.2 Å². The number of hydrogen-bond donors (Lipinski definition) is 0. The van der Waals surface area contributed by atoms with Gasteiger partial charge in [0.15, 0.2) is 5.76 Å². The number of aromatic nitrogens is 1. The molecule has 0 spiro atoms. The molecule has 0 fully saturated rings. The molecule has 2 rings (SSSR count). The molecule has 1 atom stereocenters. The predicted octanol–water partition coefficient (Wildman–Crippen LogP) is 3.53. The van der Waals surface area contributed by atoms with Gasteiger partial charge in [0.1, 0.15) is 0 Å². The van der Waals surface area contributed by atoms with Gasteiger partial charge < -0.3 is 9.26 Å². The summed E-state index contributed by atoms with van der Waals surface area (Å²) in [5.74, 6) is 1.30. The Morgan fingerprint density at radius 2 is 2.15 bits per heavy atom. The van der Waals surface area contributed by atoms with Gasteiger partial charge >= 0.3 is 5.97 Å². The lowest BCUT2D eigenvalue weighted by atomic mass is 10.2. The SMILES string of the molecule is COC(=O)CC(C)SCc1cc(-c2ccccc2)on1. The zero-order valence-electron chi connectivity index (χ0n) is 11.5. The van der Waals surface area contributed by atoms with Crippen LogP contribution in [0.15, 0.2) is 40.9 Å². The van der Waals surface area contributed by atoms with Crippen LogP contribution >= 0.6 is 11.8 Å². The average molecular weight is 291 g/mol.